The summed E-state index contributed by atoms with van der Waals surface area (Å²) in [5.74, 6) is 0. The molecule has 0 unspecified atom stereocenters. The number of carbonyl (C=O) groups excluding carboxylic acids is 1. The van der Waals surface area contributed by atoms with Crippen LogP contribution in [0.3, 0.4) is 0 Å². The minimum Gasteiger partial charge on any atom is -0.444 e. The monoisotopic (exact) mass is 272 g/mol. The molecule has 1 amide bonds. The summed E-state index contributed by atoms with van der Waals surface area (Å²) in [6, 6.07) is 0. The second-order valence-corrected chi connectivity index (χ2v) is 5.66. The van der Waals surface area contributed by atoms with E-state index < -0.39 is 5.60 Å². The van der Waals surface area contributed by atoms with Crippen LogP contribution in [0.1, 0.15) is 32.9 Å². The summed E-state index contributed by atoms with van der Waals surface area (Å²) in [5, 5.41) is 8.10. The molecular formula is C11H17ClN4O2. The fourth-order valence-electron chi connectivity index (χ4n) is 1.79. The second-order valence-electron chi connectivity index (χ2n) is 5.31. The van der Waals surface area contributed by atoms with Gasteiger partial charge in [0.15, 0.2) is 5.15 Å². The molecule has 6 nitrogen and oxygen atoms in total. The first-order chi connectivity index (χ1) is 8.37. The van der Waals surface area contributed by atoms with E-state index >= 15 is 0 Å². The van der Waals surface area contributed by atoms with E-state index in [1.807, 2.05) is 20.8 Å². The number of rotatable bonds is 0. The van der Waals surface area contributed by atoms with Gasteiger partial charge in [0.2, 0.25) is 0 Å². The van der Waals surface area contributed by atoms with E-state index in [-0.39, 0.29) is 6.09 Å². The van der Waals surface area contributed by atoms with Gasteiger partial charge >= 0.3 is 6.09 Å². The van der Waals surface area contributed by atoms with Gasteiger partial charge in [-0.25, -0.2) is 9.48 Å². The summed E-state index contributed by atoms with van der Waals surface area (Å²) in [7, 11) is 0. The van der Waals surface area contributed by atoms with Crippen molar-refractivity contribution in [2.75, 3.05) is 6.54 Å². The number of hydrogen-bond donors (Lipinski definition) is 0. The Hall–Kier alpha value is -1.30. The number of nitrogens with zero attached hydrogens (tertiary/aromatic N) is 4. The van der Waals surface area contributed by atoms with Crippen LogP contribution >= 0.6 is 11.6 Å². The molecule has 0 N–H and O–H groups in total. The van der Waals surface area contributed by atoms with Crippen molar-refractivity contribution in [3.05, 3.63) is 10.8 Å². The van der Waals surface area contributed by atoms with Crippen molar-refractivity contribution in [2.24, 2.45) is 0 Å². The van der Waals surface area contributed by atoms with Gasteiger partial charge < -0.3 is 9.64 Å². The number of amides is 1. The minimum atomic E-state index is -0.494. The summed E-state index contributed by atoms with van der Waals surface area (Å²) in [6.07, 6.45) is 0.486. The molecular weight excluding hydrogens is 256 g/mol. The Balaban J connectivity index is 2.12. The van der Waals surface area contributed by atoms with Gasteiger partial charge in [0.05, 0.1) is 12.2 Å². The second kappa shape index (κ2) is 4.76. The molecule has 0 saturated carbocycles. The highest BCUT2D eigenvalue weighted by Crippen LogP contribution is 2.20. The number of carbonyl (C=O) groups is 1. The van der Waals surface area contributed by atoms with E-state index in [4.69, 9.17) is 16.3 Å². The van der Waals surface area contributed by atoms with Crippen LogP contribution < -0.4 is 0 Å². The van der Waals surface area contributed by atoms with E-state index in [1.54, 1.807) is 9.58 Å². The molecule has 1 aliphatic heterocycles. The standard InChI is InChI=1S/C11H17ClN4O2/c1-11(2,3)18-10(17)15-5-4-6-16-8(7-15)9(12)13-14-16/h4-7H2,1-3H3. The third-order valence-electron chi connectivity index (χ3n) is 2.58. The van der Waals surface area contributed by atoms with Crippen molar-refractivity contribution in [1.29, 1.82) is 0 Å². The zero-order chi connectivity index (χ0) is 13.3. The summed E-state index contributed by atoms with van der Waals surface area (Å²) in [5.41, 5.74) is 0.270. The Bertz CT molecular complexity index is 452. The molecule has 0 aromatic carbocycles. The molecule has 0 aliphatic carbocycles. The van der Waals surface area contributed by atoms with Crippen molar-refractivity contribution in [1.82, 2.24) is 19.9 Å². The molecule has 0 bridgehead atoms. The fourth-order valence-corrected chi connectivity index (χ4v) is 1.98. The predicted octanol–water partition coefficient (Wildman–Crippen LogP) is 2.07. The van der Waals surface area contributed by atoms with Gasteiger partial charge in [-0.15, -0.1) is 5.10 Å². The maximum Gasteiger partial charge on any atom is 0.410 e. The molecule has 2 rings (SSSR count). The zero-order valence-corrected chi connectivity index (χ0v) is 11.6. The number of halogens is 1. The van der Waals surface area contributed by atoms with Crippen LogP contribution in [-0.2, 0) is 17.8 Å². The maximum atomic E-state index is 12.0. The van der Waals surface area contributed by atoms with Crippen molar-refractivity contribution >= 4 is 17.7 Å². The Labute approximate surface area is 111 Å². The molecule has 2 heterocycles. The van der Waals surface area contributed by atoms with Gasteiger partial charge in [-0.3, -0.25) is 0 Å². The lowest BCUT2D eigenvalue weighted by Crippen LogP contribution is -2.36. The molecule has 0 atom stereocenters. The third-order valence-corrected chi connectivity index (χ3v) is 2.87. The van der Waals surface area contributed by atoms with Crippen molar-refractivity contribution < 1.29 is 9.53 Å². The largest absolute Gasteiger partial charge is 0.444 e. The van der Waals surface area contributed by atoms with Crippen LogP contribution in [-0.4, -0.2) is 38.1 Å². The van der Waals surface area contributed by atoms with Crippen molar-refractivity contribution in [3.8, 4) is 0 Å². The average molecular weight is 273 g/mol. The van der Waals surface area contributed by atoms with Crippen molar-refractivity contribution in [3.63, 3.8) is 0 Å². The van der Waals surface area contributed by atoms with E-state index in [9.17, 15) is 4.79 Å². The lowest BCUT2D eigenvalue weighted by atomic mass is 10.2. The summed E-state index contributed by atoms with van der Waals surface area (Å²) in [6.45, 7) is 7.29. The first-order valence-corrected chi connectivity index (χ1v) is 6.30. The number of fused-ring (bicyclic) bond motifs is 1. The molecule has 0 spiro atoms. The first kappa shape index (κ1) is 13.1. The third kappa shape index (κ3) is 2.93. The van der Waals surface area contributed by atoms with Crippen LogP contribution in [0.2, 0.25) is 5.15 Å². The number of hydrogen-bond acceptors (Lipinski definition) is 4. The van der Waals surface area contributed by atoms with Gasteiger partial charge in [-0.05, 0) is 27.2 Å². The highest BCUT2D eigenvalue weighted by atomic mass is 35.5. The van der Waals surface area contributed by atoms with Gasteiger partial charge in [0.1, 0.15) is 5.60 Å². The number of aryl methyl sites for hydroxylation is 1. The predicted molar refractivity (Wildman–Crippen MR) is 66.3 cm³/mol. The summed E-state index contributed by atoms with van der Waals surface area (Å²) < 4.78 is 7.10. The quantitative estimate of drug-likeness (QED) is 0.725. The molecule has 0 fully saturated rings. The Morgan fingerprint density at radius 2 is 2.11 bits per heavy atom. The molecule has 0 saturated heterocycles. The van der Waals surface area contributed by atoms with Crippen LogP contribution in [0.5, 0.6) is 0 Å². The van der Waals surface area contributed by atoms with E-state index in [0.29, 0.717) is 24.8 Å². The van der Waals surface area contributed by atoms with Crippen LogP contribution in [0.4, 0.5) is 4.79 Å². The SMILES string of the molecule is CC(C)(C)OC(=O)N1CCCn2nnc(Cl)c2C1. The number of aromatic nitrogens is 3. The summed E-state index contributed by atoms with van der Waals surface area (Å²) >= 11 is 5.96. The van der Waals surface area contributed by atoms with E-state index in [2.05, 4.69) is 10.3 Å². The molecule has 1 aromatic heterocycles. The topological polar surface area (TPSA) is 60.2 Å². The smallest absolute Gasteiger partial charge is 0.410 e. The molecule has 0 radical (unpaired) electrons. The number of ether oxygens (including phenoxy) is 1. The molecule has 18 heavy (non-hydrogen) atoms. The molecule has 7 heteroatoms. The zero-order valence-electron chi connectivity index (χ0n) is 10.8. The highest BCUT2D eigenvalue weighted by Gasteiger charge is 2.26. The lowest BCUT2D eigenvalue weighted by molar-refractivity contribution is 0.0236. The molecule has 1 aromatic rings. The maximum absolute atomic E-state index is 12.0. The van der Waals surface area contributed by atoms with Gasteiger partial charge in [-0.1, -0.05) is 16.8 Å². The van der Waals surface area contributed by atoms with Crippen LogP contribution in [0, 0.1) is 0 Å². The van der Waals surface area contributed by atoms with Crippen LogP contribution in [0.25, 0.3) is 0 Å². The normalized spacial score (nSPS) is 16.1. The van der Waals surface area contributed by atoms with Crippen LogP contribution in [0.15, 0.2) is 0 Å². The van der Waals surface area contributed by atoms with E-state index in [1.165, 1.54) is 0 Å². The Kier molecular flexibility index (Phi) is 3.47. The van der Waals surface area contributed by atoms with Gasteiger partial charge in [0.25, 0.3) is 0 Å². The minimum absolute atomic E-state index is 0.326. The van der Waals surface area contributed by atoms with Gasteiger partial charge in [-0.2, -0.15) is 0 Å². The molecule has 100 valence electrons. The lowest BCUT2D eigenvalue weighted by Gasteiger charge is -2.26. The fraction of sp³-hybridized carbons (Fsp3) is 0.727. The average Bonchev–Trinajstić information content (AvgIpc) is 2.49. The Morgan fingerprint density at radius 1 is 1.39 bits per heavy atom. The molecule has 1 aliphatic rings. The first-order valence-electron chi connectivity index (χ1n) is 5.92. The van der Waals surface area contributed by atoms with E-state index in [0.717, 1.165) is 12.1 Å². The Morgan fingerprint density at radius 3 is 2.78 bits per heavy atom. The van der Waals surface area contributed by atoms with Gasteiger partial charge in [0, 0.05) is 13.1 Å². The summed E-state index contributed by atoms with van der Waals surface area (Å²) in [4.78, 5) is 13.7. The highest BCUT2D eigenvalue weighted by molar-refractivity contribution is 6.30. The van der Waals surface area contributed by atoms with Crippen molar-refractivity contribution in [2.45, 2.75) is 45.9 Å².